The van der Waals surface area contributed by atoms with Gasteiger partial charge in [0.05, 0.1) is 5.69 Å². The fourth-order valence-corrected chi connectivity index (χ4v) is 3.22. The minimum absolute atomic E-state index is 0.298. The molecule has 3 rings (SSSR count). The normalized spacial score (nSPS) is 22.3. The number of hydrogen-bond acceptors (Lipinski definition) is 4. The zero-order valence-electron chi connectivity index (χ0n) is 11.8. The van der Waals surface area contributed by atoms with Crippen LogP contribution in [0.2, 0.25) is 0 Å². The molecule has 4 heteroatoms. The van der Waals surface area contributed by atoms with E-state index in [1.54, 1.807) is 0 Å². The average molecular weight is 271 g/mol. The Bertz CT molecular complexity index is 599. The first-order valence-electron chi connectivity index (χ1n) is 7.36. The van der Waals surface area contributed by atoms with Crippen LogP contribution < -0.4 is 5.32 Å². The Labute approximate surface area is 119 Å². The maximum absolute atomic E-state index is 9.39. The lowest BCUT2D eigenvalue weighted by atomic mass is 9.97. The molecule has 1 saturated carbocycles. The molecule has 1 aromatic carbocycles. The summed E-state index contributed by atoms with van der Waals surface area (Å²) in [5, 5.41) is 23.6. The molecule has 2 N–H and O–H groups in total. The smallest absolute Gasteiger partial charge is 0.156 e. The average Bonchev–Trinajstić information content (AvgIpc) is 2.94. The molecule has 0 saturated heterocycles. The molecule has 2 aromatic rings. The lowest BCUT2D eigenvalue weighted by Crippen LogP contribution is -2.21. The van der Waals surface area contributed by atoms with Gasteiger partial charge in [-0.1, -0.05) is 30.7 Å². The number of hydrogen-bond donors (Lipinski definition) is 2. The number of aromatic nitrogens is 2. The van der Waals surface area contributed by atoms with Crippen LogP contribution in [0.1, 0.15) is 25.0 Å². The van der Waals surface area contributed by atoms with E-state index in [1.807, 2.05) is 19.1 Å². The number of fused-ring (bicyclic) bond motifs is 1. The van der Waals surface area contributed by atoms with Crippen LogP contribution in [0.4, 0.5) is 5.82 Å². The van der Waals surface area contributed by atoms with Crippen molar-refractivity contribution in [1.29, 1.82) is 0 Å². The van der Waals surface area contributed by atoms with E-state index < -0.39 is 0 Å². The van der Waals surface area contributed by atoms with Crippen LogP contribution in [-0.2, 0) is 0 Å². The monoisotopic (exact) mass is 271 g/mol. The van der Waals surface area contributed by atoms with Crippen molar-refractivity contribution in [3.8, 4) is 0 Å². The van der Waals surface area contributed by atoms with E-state index in [0.29, 0.717) is 18.4 Å². The lowest BCUT2D eigenvalue weighted by molar-refractivity contribution is 0.199. The van der Waals surface area contributed by atoms with E-state index in [1.165, 1.54) is 12.8 Å². The number of nitrogens with zero attached hydrogens (tertiary/aromatic N) is 2. The van der Waals surface area contributed by atoms with Gasteiger partial charge in [0, 0.05) is 23.9 Å². The van der Waals surface area contributed by atoms with E-state index in [-0.39, 0.29) is 0 Å². The third kappa shape index (κ3) is 2.48. The molecule has 1 heterocycles. The molecular weight excluding hydrogens is 250 g/mol. The molecule has 2 atom stereocenters. The second-order valence-corrected chi connectivity index (χ2v) is 5.69. The summed E-state index contributed by atoms with van der Waals surface area (Å²) in [4.78, 5) is 0. The minimum Gasteiger partial charge on any atom is -0.396 e. The van der Waals surface area contributed by atoms with Crippen molar-refractivity contribution in [2.75, 3.05) is 18.5 Å². The Kier molecular flexibility index (Phi) is 3.83. The summed E-state index contributed by atoms with van der Waals surface area (Å²) in [6.45, 7) is 3.15. The standard InChI is InChI=1S/C16H21N3O/c1-11-14-7-2-3-8-15(14)16(19-18-11)17-9-12-5-4-6-13(12)10-20/h2-3,7-8,12-13,20H,4-6,9-10H2,1H3,(H,17,19). The molecule has 20 heavy (non-hydrogen) atoms. The van der Waals surface area contributed by atoms with E-state index in [0.717, 1.165) is 35.2 Å². The second-order valence-electron chi connectivity index (χ2n) is 5.69. The topological polar surface area (TPSA) is 58.0 Å². The van der Waals surface area contributed by atoms with Crippen LogP contribution in [0, 0.1) is 18.8 Å². The van der Waals surface area contributed by atoms with Crippen molar-refractivity contribution in [2.24, 2.45) is 11.8 Å². The number of rotatable bonds is 4. The Morgan fingerprint density at radius 2 is 1.90 bits per heavy atom. The fraction of sp³-hybridized carbons (Fsp3) is 0.500. The van der Waals surface area contributed by atoms with E-state index in [2.05, 4.69) is 27.6 Å². The van der Waals surface area contributed by atoms with Gasteiger partial charge in [0.15, 0.2) is 5.82 Å². The third-order valence-corrected chi connectivity index (χ3v) is 4.45. The van der Waals surface area contributed by atoms with Gasteiger partial charge in [-0.15, -0.1) is 5.10 Å². The van der Waals surface area contributed by atoms with Gasteiger partial charge < -0.3 is 10.4 Å². The van der Waals surface area contributed by atoms with Crippen molar-refractivity contribution in [1.82, 2.24) is 10.2 Å². The molecule has 2 unspecified atom stereocenters. The lowest BCUT2D eigenvalue weighted by Gasteiger charge is -2.18. The summed E-state index contributed by atoms with van der Waals surface area (Å²) < 4.78 is 0. The number of nitrogens with one attached hydrogen (secondary N) is 1. The molecule has 1 fully saturated rings. The predicted molar refractivity (Wildman–Crippen MR) is 80.7 cm³/mol. The molecule has 1 aromatic heterocycles. The van der Waals surface area contributed by atoms with Crippen LogP contribution in [0.5, 0.6) is 0 Å². The molecule has 0 radical (unpaired) electrons. The Morgan fingerprint density at radius 3 is 2.70 bits per heavy atom. The van der Waals surface area contributed by atoms with E-state index in [9.17, 15) is 5.11 Å². The van der Waals surface area contributed by atoms with Gasteiger partial charge in [-0.2, -0.15) is 5.10 Å². The van der Waals surface area contributed by atoms with Crippen molar-refractivity contribution in [2.45, 2.75) is 26.2 Å². The highest BCUT2D eigenvalue weighted by atomic mass is 16.3. The number of anilines is 1. The summed E-state index contributed by atoms with van der Waals surface area (Å²) in [5.74, 6) is 1.84. The summed E-state index contributed by atoms with van der Waals surface area (Å²) in [6, 6.07) is 8.22. The zero-order valence-corrected chi connectivity index (χ0v) is 11.8. The van der Waals surface area contributed by atoms with Crippen LogP contribution in [0.15, 0.2) is 24.3 Å². The van der Waals surface area contributed by atoms with Crippen molar-refractivity contribution in [3.63, 3.8) is 0 Å². The van der Waals surface area contributed by atoms with Crippen molar-refractivity contribution < 1.29 is 5.11 Å². The van der Waals surface area contributed by atoms with Crippen molar-refractivity contribution >= 4 is 16.6 Å². The summed E-state index contributed by atoms with van der Waals surface area (Å²) in [7, 11) is 0. The summed E-state index contributed by atoms with van der Waals surface area (Å²) in [6.07, 6.45) is 3.55. The Morgan fingerprint density at radius 1 is 1.15 bits per heavy atom. The largest absolute Gasteiger partial charge is 0.396 e. The van der Waals surface area contributed by atoms with Gasteiger partial charge in [-0.3, -0.25) is 0 Å². The van der Waals surface area contributed by atoms with Gasteiger partial charge in [0.25, 0.3) is 0 Å². The molecule has 0 amide bonds. The highest BCUT2D eigenvalue weighted by Gasteiger charge is 2.26. The predicted octanol–water partition coefficient (Wildman–Crippen LogP) is 2.76. The highest BCUT2D eigenvalue weighted by molar-refractivity contribution is 5.92. The number of aliphatic hydroxyl groups is 1. The van der Waals surface area contributed by atoms with Crippen LogP contribution in [0.3, 0.4) is 0 Å². The fourth-order valence-electron chi connectivity index (χ4n) is 3.22. The quantitative estimate of drug-likeness (QED) is 0.897. The summed E-state index contributed by atoms with van der Waals surface area (Å²) in [5.41, 5.74) is 0.959. The molecule has 0 aliphatic heterocycles. The van der Waals surface area contributed by atoms with Gasteiger partial charge in [0.2, 0.25) is 0 Å². The van der Waals surface area contributed by atoms with Crippen molar-refractivity contribution in [3.05, 3.63) is 30.0 Å². The SMILES string of the molecule is Cc1nnc(NCC2CCCC2CO)c2ccccc12. The summed E-state index contributed by atoms with van der Waals surface area (Å²) >= 11 is 0. The van der Waals surface area contributed by atoms with E-state index in [4.69, 9.17) is 0 Å². The molecule has 106 valence electrons. The second kappa shape index (κ2) is 5.75. The highest BCUT2D eigenvalue weighted by Crippen LogP contribution is 2.32. The first kappa shape index (κ1) is 13.3. The number of aryl methyl sites for hydroxylation is 1. The first-order valence-corrected chi connectivity index (χ1v) is 7.36. The maximum Gasteiger partial charge on any atom is 0.156 e. The number of aliphatic hydroxyl groups excluding tert-OH is 1. The molecule has 4 nitrogen and oxygen atoms in total. The molecule has 1 aliphatic rings. The first-order chi connectivity index (χ1) is 9.79. The molecular formula is C16H21N3O. The Hall–Kier alpha value is -1.68. The molecule has 0 spiro atoms. The van der Waals surface area contributed by atoms with Gasteiger partial charge in [0.1, 0.15) is 0 Å². The van der Waals surface area contributed by atoms with Gasteiger partial charge in [-0.05, 0) is 31.6 Å². The van der Waals surface area contributed by atoms with Gasteiger partial charge >= 0.3 is 0 Å². The minimum atomic E-state index is 0.298. The van der Waals surface area contributed by atoms with Crippen LogP contribution in [0.25, 0.3) is 10.8 Å². The third-order valence-electron chi connectivity index (χ3n) is 4.45. The molecule has 1 aliphatic carbocycles. The Balaban J connectivity index is 1.79. The maximum atomic E-state index is 9.39. The van der Waals surface area contributed by atoms with Crippen LogP contribution >= 0.6 is 0 Å². The number of benzene rings is 1. The zero-order chi connectivity index (χ0) is 13.9. The molecule has 0 bridgehead atoms. The van der Waals surface area contributed by atoms with Gasteiger partial charge in [-0.25, -0.2) is 0 Å². The van der Waals surface area contributed by atoms with E-state index >= 15 is 0 Å². The van der Waals surface area contributed by atoms with Crippen LogP contribution in [-0.4, -0.2) is 28.5 Å².